The molecule has 3 aromatic rings. The van der Waals surface area contributed by atoms with E-state index in [9.17, 15) is 4.79 Å². The molecule has 0 unspecified atom stereocenters. The van der Waals surface area contributed by atoms with Crippen LogP contribution < -0.4 is 5.32 Å². The van der Waals surface area contributed by atoms with Crippen LogP contribution in [-0.4, -0.2) is 10.9 Å². The summed E-state index contributed by atoms with van der Waals surface area (Å²) in [4.78, 5) is 17.8. The fourth-order valence-electron chi connectivity index (χ4n) is 2.24. The summed E-state index contributed by atoms with van der Waals surface area (Å²) in [6, 6.07) is 14.7. The minimum absolute atomic E-state index is 0.257. The lowest BCUT2D eigenvalue weighted by atomic mass is 10.1. The van der Waals surface area contributed by atoms with Crippen molar-refractivity contribution in [3.8, 4) is 0 Å². The second-order valence-corrected chi connectivity index (χ2v) is 7.19. The minimum atomic E-state index is -0.257. The number of hydrogen-bond donors (Lipinski definition) is 1. The molecule has 1 heterocycles. The van der Waals surface area contributed by atoms with E-state index in [0.717, 1.165) is 22.6 Å². The number of anilines is 1. The molecule has 0 fully saturated rings. The number of aryl methyl sites for hydroxylation is 1. The highest BCUT2D eigenvalue weighted by atomic mass is 35.5. The van der Waals surface area contributed by atoms with Gasteiger partial charge in [0.2, 0.25) is 0 Å². The Kier molecular flexibility index (Phi) is 5.19. The highest BCUT2D eigenvalue weighted by molar-refractivity contribution is 7.15. The van der Waals surface area contributed by atoms with Gasteiger partial charge in [0.15, 0.2) is 5.13 Å². The van der Waals surface area contributed by atoms with Gasteiger partial charge in [-0.15, -0.1) is 11.3 Å². The molecule has 24 heavy (non-hydrogen) atoms. The molecule has 1 N–H and O–H groups in total. The smallest absolute Gasteiger partial charge is 0.258 e. The normalized spacial score (nSPS) is 10.6. The Balaban J connectivity index is 1.75. The number of halogens is 2. The highest BCUT2D eigenvalue weighted by Crippen LogP contribution is 2.26. The zero-order valence-electron chi connectivity index (χ0n) is 12.8. The third kappa shape index (κ3) is 3.96. The van der Waals surface area contributed by atoms with E-state index in [1.807, 2.05) is 31.2 Å². The SMILES string of the molecule is Cc1nc(NC(=O)c2ccccc2Cl)sc1Cc1ccc(Cl)cc1. The van der Waals surface area contributed by atoms with Gasteiger partial charge in [0, 0.05) is 16.3 Å². The van der Waals surface area contributed by atoms with Crippen molar-refractivity contribution in [2.24, 2.45) is 0 Å². The maximum atomic E-state index is 12.3. The highest BCUT2D eigenvalue weighted by Gasteiger charge is 2.14. The number of thiazole rings is 1. The maximum Gasteiger partial charge on any atom is 0.258 e. The summed E-state index contributed by atoms with van der Waals surface area (Å²) in [6.07, 6.45) is 0.753. The van der Waals surface area contributed by atoms with Crippen molar-refractivity contribution >= 4 is 45.6 Å². The van der Waals surface area contributed by atoms with Gasteiger partial charge >= 0.3 is 0 Å². The van der Waals surface area contributed by atoms with E-state index in [0.29, 0.717) is 20.7 Å². The van der Waals surface area contributed by atoms with E-state index in [-0.39, 0.29) is 5.91 Å². The number of carbonyl (C=O) groups excluding carboxylic acids is 1. The van der Waals surface area contributed by atoms with Crippen LogP contribution >= 0.6 is 34.5 Å². The Morgan fingerprint density at radius 1 is 1.12 bits per heavy atom. The predicted octanol–water partition coefficient (Wildman–Crippen LogP) is 5.60. The van der Waals surface area contributed by atoms with Crippen LogP contribution in [0.5, 0.6) is 0 Å². The number of rotatable bonds is 4. The Morgan fingerprint density at radius 2 is 1.83 bits per heavy atom. The Morgan fingerprint density at radius 3 is 2.54 bits per heavy atom. The van der Waals surface area contributed by atoms with E-state index in [4.69, 9.17) is 23.2 Å². The molecule has 3 nitrogen and oxygen atoms in total. The van der Waals surface area contributed by atoms with Crippen molar-refractivity contribution in [1.82, 2.24) is 4.98 Å². The molecule has 0 saturated carbocycles. The van der Waals surface area contributed by atoms with Crippen molar-refractivity contribution in [3.05, 3.63) is 80.3 Å². The summed E-state index contributed by atoms with van der Waals surface area (Å²) >= 11 is 13.4. The van der Waals surface area contributed by atoms with E-state index in [1.165, 1.54) is 11.3 Å². The Bertz CT molecular complexity index is 875. The van der Waals surface area contributed by atoms with E-state index >= 15 is 0 Å². The van der Waals surface area contributed by atoms with Crippen molar-refractivity contribution in [3.63, 3.8) is 0 Å². The standard InChI is InChI=1S/C18H14Cl2N2OS/c1-11-16(10-12-6-8-13(19)9-7-12)24-18(21-11)22-17(23)14-4-2-3-5-15(14)20/h2-9H,10H2,1H3,(H,21,22,23). The monoisotopic (exact) mass is 376 g/mol. The van der Waals surface area contributed by atoms with Crippen LogP contribution in [0.15, 0.2) is 48.5 Å². The van der Waals surface area contributed by atoms with Gasteiger partial charge < -0.3 is 0 Å². The molecule has 0 atom stereocenters. The van der Waals surface area contributed by atoms with Crippen LogP contribution in [0.2, 0.25) is 10.0 Å². The lowest BCUT2D eigenvalue weighted by molar-refractivity contribution is 0.102. The van der Waals surface area contributed by atoms with E-state index < -0.39 is 0 Å². The Labute approximate surface area is 154 Å². The van der Waals surface area contributed by atoms with Gasteiger partial charge in [0.1, 0.15) is 0 Å². The van der Waals surface area contributed by atoms with E-state index in [1.54, 1.807) is 24.3 Å². The average Bonchev–Trinajstić information content (AvgIpc) is 2.89. The van der Waals surface area contributed by atoms with Gasteiger partial charge in [-0.05, 0) is 36.8 Å². The third-order valence-electron chi connectivity index (χ3n) is 3.51. The molecule has 2 aromatic carbocycles. The molecule has 0 aliphatic heterocycles. The van der Waals surface area contributed by atoms with Crippen molar-refractivity contribution < 1.29 is 4.79 Å². The van der Waals surface area contributed by atoms with Crippen molar-refractivity contribution in [1.29, 1.82) is 0 Å². The minimum Gasteiger partial charge on any atom is -0.298 e. The largest absolute Gasteiger partial charge is 0.298 e. The number of nitrogens with one attached hydrogen (secondary N) is 1. The number of hydrogen-bond acceptors (Lipinski definition) is 3. The number of aromatic nitrogens is 1. The quantitative estimate of drug-likeness (QED) is 0.643. The van der Waals surface area contributed by atoms with Crippen LogP contribution in [0.25, 0.3) is 0 Å². The first kappa shape index (κ1) is 17.0. The second kappa shape index (κ2) is 7.34. The zero-order chi connectivity index (χ0) is 17.1. The number of carbonyl (C=O) groups is 1. The molecule has 0 aliphatic carbocycles. The number of nitrogens with zero attached hydrogens (tertiary/aromatic N) is 1. The molecular formula is C18H14Cl2N2OS. The summed E-state index contributed by atoms with van der Waals surface area (Å²) in [5.74, 6) is -0.257. The van der Waals surface area contributed by atoms with Crippen LogP contribution in [0.4, 0.5) is 5.13 Å². The van der Waals surface area contributed by atoms with Gasteiger partial charge in [0.25, 0.3) is 5.91 Å². The molecular weight excluding hydrogens is 363 g/mol. The van der Waals surface area contributed by atoms with Gasteiger partial charge in [-0.1, -0.05) is 47.5 Å². The topological polar surface area (TPSA) is 42.0 Å². The molecule has 6 heteroatoms. The molecule has 1 amide bonds. The first-order chi connectivity index (χ1) is 11.5. The predicted molar refractivity (Wildman–Crippen MR) is 101 cm³/mol. The molecule has 0 bridgehead atoms. The fourth-order valence-corrected chi connectivity index (χ4v) is 3.58. The van der Waals surface area contributed by atoms with E-state index in [2.05, 4.69) is 10.3 Å². The summed E-state index contributed by atoms with van der Waals surface area (Å²) in [5.41, 5.74) is 2.49. The lowest BCUT2D eigenvalue weighted by Crippen LogP contribution is -2.12. The summed E-state index contributed by atoms with van der Waals surface area (Å²) in [5, 5.41) is 4.53. The average molecular weight is 377 g/mol. The zero-order valence-corrected chi connectivity index (χ0v) is 15.2. The number of amides is 1. The molecule has 0 aliphatic rings. The fraction of sp³-hybridized carbons (Fsp3) is 0.111. The van der Waals surface area contributed by atoms with Gasteiger partial charge in [0.05, 0.1) is 16.3 Å². The van der Waals surface area contributed by atoms with Crippen LogP contribution in [0.3, 0.4) is 0 Å². The molecule has 122 valence electrons. The van der Waals surface area contributed by atoms with Crippen LogP contribution in [0.1, 0.15) is 26.5 Å². The molecule has 0 radical (unpaired) electrons. The molecule has 3 rings (SSSR count). The molecule has 0 spiro atoms. The number of benzene rings is 2. The van der Waals surface area contributed by atoms with Gasteiger partial charge in [-0.2, -0.15) is 0 Å². The summed E-state index contributed by atoms with van der Waals surface area (Å²) in [7, 11) is 0. The summed E-state index contributed by atoms with van der Waals surface area (Å²) < 4.78 is 0. The Hall–Kier alpha value is -1.88. The first-order valence-electron chi connectivity index (χ1n) is 7.29. The van der Waals surface area contributed by atoms with Crippen molar-refractivity contribution in [2.45, 2.75) is 13.3 Å². The summed E-state index contributed by atoms with van der Waals surface area (Å²) in [6.45, 7) is 1.94. The van der Waals surface area contributed by atoms with Crippen LogP contribution in [0, 0.1) is 6.92 Å². The second-order valence-electron chi connectivity index (χ2n) is 5.26. The van der Waals surface area contributed by atoms with Gasteiger partial charge in [-0.25, -0.2) is 4.98 Å². The first-order valence-corrected chi connectivity index (χ1v) is 8.87. The van der Waals surface area contributed by atoms with Gasteiger partial charge in [-0.3, -0.25) is 10.1 Å². The third-order valence-corrected chi connectivity index (χ3v) is 5.16. The molecule has 0 saturated heterocycles. The van der Waals surface area contributed by atoms with Crippen molar-refractivity contribution in [2.75, 3.05) is 5.32 Å². The lowest BCUT2D eigenvalue weighted by Gasteiger charge is -2.03. The molecule has 1 aromatic heterocycles. The maximum absolute atomic E-state index is 12.3. The van der Waals surface area contributed by atoms with Crippen LogP contribution in [-0.2, 0) is 6.42 Å².